The molecule has 1 N–H and O–H groups in total. The molecule has 0 saturated heterocycles. The zero-order chi connectivity index (χ0) is 22.3. The predicted octanol–water partition coefficient (Wildman–Crippen LogP) is 2.75. The summed E-state index contributed by atoms with van der Waals surface area (Å²) < 4.78 is 41.9. The van der Waals surface area contributed by atoms with Crippen molar-refractivity contribution >= 4 is 21.6 Å². The summed E-state index contributed by atoms with van der Waals surface area (Å²) in [5.41, 5.74) is 1.11. The molecule has 30 heavy (non-hydrogen) atoms. The molecular weight excluding hydrogens is 408 g/mol. The van der Waals surface area contributed by atoms with Gasteiger partial charge in [0, 0.05) is 0 Å². The fourth-order valence-electron chi connectivity index (χ4n) is 2.94. The van der Waals surface area contributed by atoms with E-state index in [2.05, 4.69) is 5.32 Å². The molecule has 2 aromatic carbocycles. The van der Waals surface area contributed by atoms with Crippen molar-refractivity contribution in [3.8, 4) is 17.2 Å². The number of benzene rings is 2. The number of hydrogen-bond acceptors (Lipinski definition) is 6. The van der Waals surface area contributed by atoms with Crippen LogP contribution in [0, 0.1) is 0 Å². The highest BCUT2D eigenvalue weighted by Gasteiger charge is 2.24. The van der Waals surface area contributed by atoms with Crippen molar-refractivity contribution in [2.45, 2.75) is 19.9 Å². The molecule has 1 amide bonds. The first-order valence-corrected chi connectivity index (χ1v) is 11.3. The van der Waals surface area contributed by atoms with E-state index in [-0.39, 0.29) is 12.6 Å². The highest BCUT2D eigenvalue weighted by molar-refractivity contribution is 7.92. The van der Waals surface area contributed by atoms with E-state index >= 15 is 0 Å². The number of para-hydroxylation sites is 2. The Labute approximate surface area is 177 Å². The number of anilines is 1. The van der Waals surface area contributed by atoms with Crippen molar-refractivity contribution in [1.82, 2.24) is 5.32 Å². The van der Waals surface area contributed by atoms with Crippen molar-refractivity contribution in [3.63, 3.8) is 0 Å². The Bertz CT molecular complexity index is 977. The van der Waals surface area contributed by atoms with Crippen LogP contribution in [0.1, 0.15) is 25.5 Å². The molecule has 0 spiro atoms. The average molecular weight is 437 g/mol. The number of nitrogens with one attached hydrogen (secondary N) is 1. The number of carbonyl (C=O) groups excluding carboxylic acids is 1. The van der Waals surface area contributed by atoms with Crippen LogP contribution in [-0.2, 0) is 14.8 Å². The Morgan fingerprint density at radius 3 is 2.33 bits per heavy atom. The van der Waals surface area contributed by atoms with E-state index in [1.54, 1.807) is 57.4 Å². The molecule has 0 aromatic heterocycles. The molecule has 0 aliphatic heterocycles. The van der Waals surface area contributed by atoms with Crippen LogP contribution in [0.25, 0.3) is 0 Å². The van der Waals surface area contributed by atoms with Crippen LogP contribution in [0.2, 0.25) is 0 Å². The Morgan fingerprint density at radius 2 is 1.73 bits per heavy atom. The van der Waals surface area contributed by atoms with Crippen LogP contribution in [0.5, 0.6) is 17.2 Å². The van der Waals surface area contributed by atoms with E-state index in [0.717, 1.165) is 16.1 Å². The number of hydrogen-bond donors (Lipinski definition) is 1. The lowest BCUT2D eigenvalue weighted by atomic mass is 10.1. The fraction of sp³-hybridized carbons (Fsp3) is 0.381. The molecule has 0 radical (unpaired) electrons. The van der Waals surface area contributed by atoms with Gasteiger partial charge in [0.05, 0.1) is 38.8 Å². The van der Waals surface area contributed by atoms with Crippen LogP contribution >= 0.6 is 0 Å². The van der Waals surface area contributed by atoms with Gasteiger partial charge in [0.25, 0.3) is 0 Å². The summed E-state index contributed by atoms with van der Waals surface area (Å²) in [6.45, 7) is 3.61. The summed E-state index contributed by atoms with van der Waals surface area (Å²) in [4.78, 5) is 12.7. The molecule has 0 unspecified atom stereocenters. The van der Waals surface area contributed by atoms with E-state index < -0.39 is 15.9 Å². The van der Waals surface area contributed by atoms with Gasteiger partial charge in [0.15, 0.2) is 11.5 Å². The van der Waals surface area contributed by atoms with Gasteiger partial charge in [-0.05, 0) is 43.7 Å². The van der Waals surface area contributed by atoms with Crippen molar-refractivity contribution in [3.05, 3.63) is 48.0 Å². The molecule has 2 aromatic rings. The van der Waals surface area contributed by atoms with Crippen LogP contribution < -0.4 is 23.8 Å². The van der Waals surface area contributed by atoms with Crippen molar-refractivity contribution in [2.24, 2.45) is 0 Å². The van der Waals surface area contributed by atoms with Gasteiger partial charge in [-0.1, -0.05) is 18.2 Å². The minimum atomic E-state index is -3.72. The zero-order valence-electron chi connectivity index (χ0n) is 17.8. The van der Waals surface area contributed by atoms with Gasteiger partial charge >= 0.3 is 0 Å². The third-order valence-electron chi connectivity index (χ3n) is 4.41. The van der Waals surface area contributed by atoms with Crippen LogP contribution in [-0.4, -0.2) is 48.0 Å². The molecule has 0 heterocycles. The van der Waals surface area contributed by atoms with Crippen molar-refractivity contribution in [1.29, 1.82) is 0 Å². The van der Waals surface area contributed by atoms with Crippen molar-refractivity contribution in [2.75, 3.05) is 37.9 Å². The first-order chi connectivity index (χ1) is 14.2. The molecule has 2 rings (SSSR count). The van der Waals surface area contributed by atoms with E-state index in [0.29, 0.717) is 29.5 Å². The fourth-order valence-corrected chi connectivity index (χ4v) is 3.80. The number of ether oxygens (including phenoxy) is 3. The van der Waals surface area contributed by atoms with Gasteiger partial charge in [0.1, 0.15) is 12.3 Å². The first kappa shape index (κ1) is 23.3. The molecule has 8 nitrogen and oxygen atoms in total. The maximum atomic E-state index is 12.7. The molecule has 164 valence electrons. The zero-order valence-corrected chi connectivity index (χ0v) is 18.7. The number of rotatable bonds is 10. The van der Waals surface area contributed by atoms with Gasteiger partial charge in [-0.25, -0.2) is 8.42 Å². The number of carbonyl (C=O) groups is 1. The highest BCUT2D eigenvalue weighted by Crippen LogP contribution is 2.31. The summed E-state index contributed by atoms with van der Waals surface area (Å²) >= 11 is 0. The molecular formula is C21H28N2O6S. The smallest absolute Gasteiger partial charge is 0.241 e. The number of amides is 1. The van der Waals surface area contributed by atoms with Gasteiger partial charge < -0.3 is 19.5 Å². The van der Waals surface area contributed by atoms with Crippen molar-refractivity contribution < 1.29 is 27.4 Å². The second-order valence-corrected chi connectivity index (χ2v) is 8.48. The third-order valence-corrected chi connectivity index (χ3v) is 5.53. The quantitative estimate of drug-likeness (QED) is 0.616. The molecule has 9 heteroatoms. The summed E-state index contributed by atoms with van der Waals surface area (Å²) in [6, 6.07) is 11.7. The largest absolute Gasteiger partial charge is 0.493 e. The topological polar surface area (TPSA) is 94.2 Å². The Kier molecular flexibility index (Phi) is 7.93. The molecule has 0 bridgehead atoms. The van der Waals surface area contributed by atoms with Crippen LogP contribution in [0.4, 0.5) is 5.69 Å². The van der Waals surface area contributed by atoms with E-state index in [9.17, 15) is 13.2 Å². The van der Waals surface area contributed by atoms with E-state index in [1.807, 2.05) is 6.07 Å². The second kappa shape index (κ2) is 10.2. The molecule has 1 atom stereocenters. The standard InChI is InChI=1S/C21H28N2O6S/c1-6-29-18-10-8-7-9-17(18)23(30(5,25)26)14-21(24)22-15(2)16-11-12-19(27-3)20(13-16)28-4/h7-13,15H,6,14H2,1-5H3,(H,22,24)/t15-/m1/s1. The maximum absolute atomic E-state index is 12.7. The summed E-state index contributed by atoms with van der Waals surface area (Å²) in [5.74, 6) is 1.07. The predicted molar refractivity (Wildman–Crippen MR) is 116 cm³/mol. The summed E-state index contributed by atoms with van der Waals surface area (Å²) in [7, 11) is -0.641. The second-order valence-electron chi connectivity index (χ2n) is 6.57. The lowest BCUT2D eigenvalue weighted by molar-refractivity contribution is -0.120. The van der Waals surface area contributed by atoms with Crippen LogP contribution in [0.3, 0.4) is 0 Å². The third kappa shape index (κ3) is 5.79. The van der Waals surface area contributed by atoms with Gasteiger partial charge in [-0.2, -0.15) is 0 Å². The van der Waals surface area contributed by atoms with E-state index in [1.165, 1.54) is 7.11 Å². The lowest BCUT2D eigenvalue weighted by Crippen LogP contribution is -2.41. The average Bonchev–Trinajstić information content (AvgIpc) is 2.71. The minimum absolute atomic E-state index is 0.316. The summed E-state index contributed by atoms with van der Waals surface area (Å²) in [6.07, 6.45) is 1.06. The monoisotopic (exact) mass is 436 g/mol. The van der Waals surface area contributed by atoms with Gasteiger partial charge in [0.2, 0.25) is 15.9 Å². The summed E-state index contributed by atoms with van der Waals surface area (Å²) in [5, 5.41) is 2.83. The number of sulfonamides is 1. The molecule has 0 saturated carbocycles. The minimum Gasteiger partial charge on any atom is -0.493 e. The van der Waals surface area contributed by atoms with Gasteiger partial charge in [-0.3, -0.25) is 9.10 Å². The molecule has 0 aliphatic rings. The van der Waals surface area contributed by atoms with Gasteiger partial charge in [-0.15, -0.1) is 0 Å². The normalized spacial score (nSPS) is 12.0. The molecule has 0 aliphatic carbocycles. The highest BCUT2D eigenvalue weighted by atomic mass is 32.2. The number of nitrogens with zero attached hydrogens (tertiary/aromatic N) is 1. The number of methoxy groups -OCH3 is 2. The maximum Gasteiger partial charge on any atom is 0.241 e. The Morgan fingerprint density at radius 1 is 1.07 bits per heavy atom. The van der Waals surface area contributed by atoms with Crippen LogP contribution in [0.15, 0.2) is 42.5 Å². The molecule has 0 fully saturated rings. The first-order valence-electron chi connectivity index (χ1n) is 9.42. The lowest BCUT2D eigenvalue weighted by Gasteiger charge is -2.25. The van der Waals surface area contributed by atoms with E-state index in [4.69, 9.17) is 14.2 Å². The Hall–Kier alpha value is -2.94. The Balaban J connectivity index is 2.21. The SMILES string of the molecule is CCOc1ccccc1N(CC(=O)N[C@H](C)c1ccc(OC)c(OC)c1)S(C)(=O)=O.